The number of hydrogen-bond donors (Lipinski definition) is 0. The number of amides is 1. The molecule has 0 saturated carbocycles. The largest absolute Gasteiger partial charge is 0.338 e. The number of carbonyl (C=O) groups is 3. The van der Waals surface area contributed by atoms with E-state index >= 15 is 0 Å². The van der Waals surface area contributed by atoms with Gasteiger partial charge in [0.15, 0.2) is 12.1 Å². The minimum Gasteiger partial charge on any atom is -0.338 e. The summed E-state index contributed by atoms with van der Waals surface area (Å²) < 4.78 is 0. The van der Waals surface area contributed by atoms with Crippen LogP contribution in [-0.2, 0) is 9.59 Å². The molecule has 0 heterocycles. The van der Waals surface area contributed by atoms with Gasteiger partial charge >= 0.3 is 0 Å². The molecule has 0 bridgehead atoms. The molecule has 20 heavy (non-hydrogen) atoms. The van der Waals surface area contributed by atoms with Crippen LogP contribution in [0.2, 0.25) is 0 Å². The van der Waals surface area contributed by atoms with Gasteiger partial charge in [0.05, 0.1) is 0 Å². The van der Waals surface area contributed by atoms with Gasteiger partial charge in [-0.25, -0.2) is 0 Å². The Kier molecular flexibility index (Phi) is 8.13. The molecule has 0 radical (unpaired) electrons. The second-order valence-corrected chi connectivity index (χ2v) is 4.33. The van der Waals surface area contributed by atoms with Crippen molar-refractivity contribution in [2.24, 2.45) is 5.92 Å². The Balaban J connectivity index is 0.00000172. The van der Waals surface area contributed by atoms with E-state index in [1.807, 2.05) is 19.9 Å². The van der Waals surface area contributed by atoms with Gasteiger partial charge in [-0.05, 0) is 19.1 Å². The van der Waals surface area contributed by atoms with Crippen molar-refractivity contribution < 1.29 is 14.4 Å². The van der Waals surface area contributed by atoms with Gasteiger partial charge < -0.3 is 4.90 Å². The summed E-state index contributed by atoms with van der Waals surface area (Å²) in [6.07, 6.45) is 0.308. The maximum absolute atomic E-state index is 12.1. The Hall–Kier alpha value is -1.97. The monoisotopic (exact) mass is 277 g/mol. The van der Waals surface area contributed by atoms with E-state index in [1.54, 1.807) is 45.2 Å². The van der Waals surface area contributed by atoms with Crippen molar-refractivity contribution in [1.29, 1.82) is 0 Å². The SMILES string of the molecule is CC.CC(C(=O)C=O)C(C)N(C)C(=O)c1ccccc1. The zero-order valence-electron chi connectivity index (χ0n) is 12.8. The van der Waals surface area contributed by atoms with E-state index in [1.165, 1.54) is 4.90 Å². The van der Waals surface area contributed by atoms with Crippen molar-refractivity contribution in [3.05, 3.63) is 35.9 Å². The van der Waals surface area contributed by atoms with Crippen LogP contribution in [0.5, 0.6) is 0 Å². The first-order valence-electron chi connectivity index (χ1n) is 6.80. The third-order valence-electron chi connectivity index (χ3n) is 3.24. The molecule has 0 N–H and O–H groups in total. The van der Waals surface area contributed by atoms with Crippen LogP contribution in [0.3, 0.4) is 0 Å². The average Bonchev–Trinajstić information content (AvgIpc) is 2.53. The van der Waals surface area contributed by atoms with Crippen molar-refractivity contribution in [3.63, 3.8) is 0 Å². The van der Waals surface area contributed by atoms with Gasteiger partial charge in [-0.3, -0.25) is 14.4 Å². The summed E-state index contributed by atoms with van der Waals surface area (Å²) in [4.78, 5) is 35.4. The van der Waals surface area contributed by atoms with Gasteiger partial charge in [0.2, 0.25) is 0 Å². The third-order valence-corrected chi connectivity index (χ3v) is 3.24. The highest BCUT2D eigenvalue weighted by Gasteiger charge is 2.26. The number of carbonyl (C=O) groups excluding carboxylic acids is 3. The van der Waals surface area contributed by atoms with E-state index in [4.69, 9.17) is 0 Å². The van der Waals surface area contributed by atoms with E-state index in [0.717, 1.165) is 0 Å². The highest BCUT2D eigenvalue weighted by atomic mass is 16.2. The van der Waals surface area contributed by atoms with E-state index in [-0.39, 0.29) is 11.9 Å². The van der Waals surface area contributed by atoms with Crippen molar-refractivity contribution in [1.82, 2.24) is 4.90 Å². The van der Waals surface area contributed by atoms with E-state index in [9.17, 15) is 14.4 Å². The van der Waals surface area contributed by atoms with Crippen LogP contribution in [-0.4, -0.2) is 36.0 Å². The summed E-state index contributed by atoms with van der Waals surface area (Å²) in [5.74, 6) is -1.15. The Labute approximate surface area is 120 Å². The van der Waals surface area contributed by atoms with Crippen LogP contribution in [0.15, 0.2) is 30.3 Å². The zero-order chi connectivity index (χ0) is 15.7. The second kappa shape index (κ2) is 9.02. The Morgan fingerprint density at radius 3 is 2.05 bits per heavy atom. The molecule has 0 fully saturated rings. The topological polar surface area (TPSA) is 54.5 Å². The molecule has 1 aromatic carbocycles. The average molecular weight is 277 g/mol. The highest BCUT2D eigenvalue weighted by molar-refractivity contribution is 6.26. The molecular weight excluding hydrogens is 254 g/mol. The summed E-state index contributed by atoms with van der Waals surface area (Å²) >= 11 is 0. The smallest absolute Gasteiger partial charge is 0.253 e. The van der Waals surface area contributed by atoms with E-state index < -0.39 is 11.7 Å². The lowest BCUT2D eigenvalue weighted by atomic mass is 9.97. The summed E-state index contributed by atoms with van der Waals surface area (Å²) in [7, 11) is 1.63. The van der Waals surface area contributed by atoms with Gasteiger partial charge in [-0.1, -0.05) is 39.0 Å². The number of benzene rings is 1. The summed E-state index contributed by atoms with van der Waals surface area (Å²) in [6, 6.07) is 8.52. The summed E-state index contributed by atoms with van der Waals surface area (Å²) in [5, 5.41) is 0. The lowest BCUT2D eigenvalue weighted by molar-refractivity contribution is -0.133. The first-order valence-corrected chi connectivity index (χ1v) is 6.80. The molecule has 4 heteroatoms. The molecule has 110 valence electrons. The van der Waals surface area contributed by atoms with Crippen molar-refractivity contribution >= 4 is 18.0 Å². The fraction of sp³-hybridized carbons (Fsp3) is 0.438. The number of rotatable bonds is 5. The Morgan fingerprint density at radius 2 is 1.60 bits per heavy atom. The lowest BCUT2D eigenvalue weighted by Crippen LogP contribution is -2.41. The van der Waals surface area contributed by atoms with Crippen molar-refractivity contribution in [3.8, 4) is 0 Å². The first kappa shape index (κ1) is 18.0. The fourth-order valence-corrected chi connectivity index (χ4v) is 1.65. The first-order chi connectivity index (χ1) is 9.49. The normalized spacial score (nSPS) is 12.4. The molecule has 2 unspecified atom stereocenters. The Morgan fingerprint density at radius 1 is 1.10 bits per heavy atom. The van der Waals surface area contributed by atoms with E-state index in [2.05, 4.69) is 0 Å². The molecule has 0 aliphatic carbocycles. The number of aldehydes is 1. The molecule has 1 amide bonds. The molecule has 0 aliphatic rings. The minimum absolute atomic E-state index is 0.159. The third kappa shape index (κ3) is 4.61. The molecular formula is C16H23NO3. The van der Waals surface area contributed by atoms with Gasteiger partial charge in [-0.2, -0.15) is 0 Å². The second-order valence-electron chi connectivity index (χ2n) is 4.33. The molecule has 0 saturated heterocycles. The van der Waals surface area contributed by atoms with Crippen LogP contribution in [0, 0.1) is 5.92 Å². The maximum Gasteiger partial charge on any atom is 0.253 e. The van der Waals surface area contributed by atoms with Gasteiger partial charge in [0, 0.05) is 24.6 Å². The number of Topliss-reactive ketones (excluding diaryl/α,β-unsaturated/α-hetero) is 1. The quantitative estimate of drug-likeness (QED) is 0.614. The maximum atomic E-state index is 12.1. The van der Waals surface area contributed by atoms with Gasteiger partial charge in [0.25, 0.3) is 5.91 Å². The van der Waals surface area contributed by atoms with E-state index in [0.29, 0.717) is 11.8 Å². The van der Waals surface area contributed by atoms with Crippen molar-refractivity contribution in [2.75, 3.05) is 7.05 Å². The fourth-order valence-electron chi connectivity index (χ4n) is 1.65. The molecule has 0 aromatic heterocycles. The van der Waals surface area contributed by atoms with Gasteiger partial charge in [0.1, 0.15) is 0 Å². The predicted octanol–water partition coefficient (Wildman–Crippen LogP) is 2.58. The molecule has 0 aliphatic heterocycles. The number of ketones is 1. The summed E-state index contributed by atoms with van der Waals surface area (Å²) in [6.45, 7) is 7.41. The van der Waals surface area contributed by atoms with Crippen LogP contribution in [0.4, 0.5) is 0 Å². The molecule has 1 aromatic rings. The molecule has 4 nitrogen and oxygen atoms in total. The minimum atomic E-state index is -0.500. The Bertz CT molecular complexity index is 442. The van der Waals surface area contributed by atoms with Crippen LogP contribution in [0.1, 0.15) is 38.1 Å². The molecule has 2 atom stereocenters. The van der Waals surface area contributed by atoms with Crippen LogP contribution in [0.25, 0.3) is 0 Å². The lowest BCUT2D eigenvalue weighted by Gasteiger charge is -2.28. The highest BCUT2D eigenvalue weighted by Crippen LogP contribution is 2.13. The number of nitrogens with zero attached hydrogens (tertiary/aromatic N) is 1. The number of hydrogen-bond acceptors (Lipinski definition) is 3. The predicted molar refractivity (Wildman–Crippen MR) is 79.6 cm³/mol. The molecule has 0 spiro atoms. The van der Waals surface area contributed by atoms with Gasteiger partial charge in [-0.15, -0.1) is 0 Å². The zero-order valence-corrected chi connectivity index (χ0v) is 12.8. The summed E-state index contributed by atoms with van der Waals surface area (Å²) in [5.41, 5.74) is 0.567. The van der Waals surface area contributed by atoms with Crippen LogP contribution >= 0.6 is 0 Å². The molecule has 1 rings (SSSR count). The van der Waals surface area contributed by atoms with Crippen molar-refractivity contribution in [2.45, 2.75) is 33.7 Å². The standard InChI is InChI=1S/C14H17NO3.C2H6/c1-10(13(17)9-16)11(2)15(3)14(18)12-7-5-4-6-8-12;1-2/h4-11H,1-3H3;1-2H3. The van der Waals surface area contributed by atoms with Crippen LogP contribution < -0.4 is 0 Å².